The van der Waals surface area contributed by atoms with E-state index < -0.39 is 58.7 Å². The van der Waals surface area contributed by atoms with Crippen LogP contribution >= 0.6 is 0 Å². The summed E-state index contributed by atoms with van der Waals surface area (Å²) in [5.41, 5.74) is -4.34. The van der Waals surface area contributed by atoms with Crippen molar-refractivity contribution < 1.29 is 66.1 Å². The predicted molar refractivity (Wildman–Crippen MR) is 160 cm³/mol. The average molecular weight is 670 g/mol. The van der Waals surface area contributed by atoms with Crippen LogP contribution in [0.4, 0.5) is 22.0 Å². The molecule has 0 radical (unpaired) electrons. The fourth-order valence-electron chi connectivity index (χ4n) is 5.13. The van der Waals surface area contributed by atoms with Crippen molar-refractivity contribution in [1.82, 2.24) is 14.5 Å². The summed E-state index contributed by atoms with van der Waals surface area (Å²) in [5, 5.41) is 14.0. The number of aromatic nitrogens is 2. The summed E-state index contributed by atoms with van der Waals surface area (Å²) in [6.45, 7) is 0.113. The van der Waals surface area contributed by atoms with Gasteiger partial charge in [0.05, 0.1) is 37.4 Å². The van der Waals surface area contributed by atoms with Crippen LogP contribution in [0.1, 0.15) is 48.7 Å². The number of ether oxygens (including phenoxy) is 1. The van der Waals surface area contributed by atoms with Gasteiger partial charge in [-0.25, -0.2) is 13.6 Å². The van der Waals surface area contributed by atoms with Gasteiger partial charge in [0.2, 0.25) is 0 Å². The number of carboxylic acid groups (broad SMARTS) is 1. The van der Waals surface area contributed by atoms with E-state index in [1.54, 1.807) is 30.3 Å². The molecule has 1 aromatic heterocycles. The molecule has 0 saturated heterocycles. The number of hydrogen-bond acceptors (Lipinski definition) is 6. The monoisotopic (exact) mass is 669 g/mol. The largest absolute Gasteiger partial charge is 1.00 e. The van der Waals surface area contributed by atoms with E-state index in [4.69, 9.17) is 4.74 Å². The number of nitrogens with one attached hydrogen (secondary N) is 1. The third-order valence-electron chi connectivity index (χ3n) is 7.40. The molecule has 1 N–H and O–H groups in total. The Kier molecular flexibility index (Phi) is 14.1. The van der Waals surface area contributed by atoms with Crippen molar-refractivity contribution in [3.05, 3.63) is 122 Å². The van der Waals surface area contributed by atoms with Gasteiger partial charge < -0.3 is 20.0 Å². The molecule has 0 fully saturated rings. The quantitative estimate of drug-likeness (QED) is 0.140. The van der Waals surface area contributed by atoms with Gasteiger partial charge in [0.25, 0.3) is 5.56 Å². The summed E-state index contributed by atoms with van der Waals surface area (Å²) in [5.74, 6) is -3.65. The molecule has 0 aliphatic heterocycles. The first-order valence-electron chi connectivity index (χ1n) is 13.8. The third kappa shape index (κ3) is 8.98. The Morgan fingerprint density at radius 2 is 1.64 bits per heavy atom. The molecular formula is C33H33F5N3NaO5. The molecule has 4 rings (SSSR count). The van der Waals surface area contributed by atoms with Crippen molar-refractivity contribution in [2.75, 3.05) is 13.7 Å². The molecule has 0 spiro atoms. The van der Waals surface area contributed by atoms with Crippen molar-refractivity contribution in [3.63, 3.8) is 0 Å². The molecule has 3 aromatic carbocycles. The molecule has 0 aliphatic carbocycles. The average Bonchev–Trinajstić information content (AvgIpc) is 2.99. The number of hydrogen-bond donors (Lipinski definition) is 1. The minimum absolute atomic E-state index is 0. The van der Waals surface area contributed by atoms with Crippen LogP contribution in [-0.2, 0) is 24.1 Å². The van der Waals surface area contributed by atoms with E-state index in [0.717, 1.165) is 21.3 Å². The van der Waals surface area contributed by atoms with Crippen LogP contribution in [0.2, 0.25) is 0 Å². The number of aliphatic carboxylic acids is 1. The van der Waals surface area contributed by atoms with Crippen LogP contribution in [0.15, 0.2) is 76.3 Å². The van der Waals surface area contributed by atoms with Gasteiger partial charge in [-0.3, -0.25) is 13.9 Å². The Hall–Kier alpha value is -3.78. The number of carbonyl (C=O) groups excluding carboxylic acids is 1. The van der Waals surface area contributed by atoms with Gasteiger partial charge in [-0.15, -0.1) is 0 Å². The van der Waals surface area contributed by atoms with Gasteiger partial charge in [0.15, 0.2) is 11.6 Å². The first-order valence-corrected chi connectivity index (χ1v) is 13.8. The summed E-state index contributed by atoms with van der Waals surface area (Å²) in [4.78, 5) is 38.9. The zero-order valence-electron chi connectivity index (χ0n) is 25.3. The number of benzene rings is 3. The second kappa shape index (κ2) is 16.9. The molecule has 4 aromatic rings. The van der Waals surface area contributed by atoms with Crippen LogP contribution in [0.25, 0.3) is 11.1 Å². The molecule has 14 heteroatoms. The van der Waals surface area contributed by atoms with Gasteiger partial charge in [0.1, 0.15) is 5.82 Å². The van der Waals surface area contributed by atoms with Crippen molar-refractivity contribution in [3.8, 4) is 16.9 Å². The van der Waals surface area contributed by atoms with Crippen LogP contribution in [0.3, 0.4) is 0 Å². The molecule has 47 heavy (non-hydrogen) atoms. The van der Waals surface area contributed by atoms with Gasteiger partial charge >= 0.3 is 41.4 Å². The summed E-state index contributed by atoms with van der Waals surface area (Å²) in [6.07, 6.45) is -5.05. The summed E-state index contributed by atoms with van der Waals surface area (Å²) < 4.78 is 78.8. The van der Waals surface area contributed by atoms with Crippen LogP contribution in [0, 0.1) is 18.6 Å². The molecule has 0 amide bonds. The topological polar surface area (TPSA) is 105 Å². The number of methoxy groups -OCH3 is 1. The van der Waals surface area contributed by atoms with E-state index in [1.165, 1.54) is 32.2 Å². The molecular weight excluding hydrogens is 636 g/mol. The first kappa shape index (κ1) is 39.4. The van der Waals surface area contributed by atoms with E-state index in [-0.39, 0.29) is 85.5 Å². The number of halogens is 5. The maximum absolute atomic E-state index is 15.6. The van der Waals surface area contributed by atoms with Gasteiger partial charge in [-0.1, -0.05) is 56.0 Å². The first-order chi connectivity index (χ1) is 21.3. The second-order valence-electron chi connectivity index (χ2n) is 10.2. The van der Waals surface area contributed by atoms with Crippen molar-refractivity contribution in [1.29, 1.82) is 0 Å². The molecule has 0 saturated carbocycles. The zero-order chi connectivity index (χ0) is 32.9. The number of nitrogens with zero attached hydrogens (tertiary/aromatic N) is 2. The summed E-state index contributed by atoms with van der Waals surface area (Å²) >= 11 is 0. The summed E-state index contributed by atoms with van der Waals surface area (Å²) in [6, 6.07) is 14.1. The number of alkyl halides is 3. The molecule has 1 atom stereocenters. The fourth-order valence-corrected chi connectivity index (χ4v) is 5.13. The molecule has 0 aliphatic rings. The number of carbonyl (C=O) groups is 1. The molecule has 0 bridgehead atoms. The molecule has 0 unspecified atom stereocenters. The predicted octanol–water partition coefficient (Wildman–Crippen LogP) is 1.84. The van der Waals surface area contributed by atoms with Crippen molar-refractivity contribution in [2.24, 2.45) is 0 Å². The van der Waals surface area contributed by atoms with Gasteiger partial charge in [-0.2, -0.15) is 13.2 Å². The van der Waals surface area contributed by atoms with Crippen LogP contribution < -0.4 is 56.0 Å². The Morgan fingerprint density at radius 3 is 2.26 bits per heavy atom. The molecule has 8 nitrogen and oxygen atoms in total. The van der Waals surface area contributed by atoms with Gasteiger partial charge in [-0.05, 0) is 50.1 Å². The smallest absolute Gasteiger partial charge is 0.550 e. The van der Waals surface area contributed by atoms with Crippen LogP contribution in [-0.4, -0.2) is 28.8 Å². The second-order valence-corrected chi connectivity index (χ2v) is 10.2. The van der Waals surface area contributed by atoms with E-state index in [1.807, 2.05) is 0 Å². The van der Waals surface area contributed by atoms with E-state index >= 15 is 4.39 Å². The third-order valence-corrected chi connectivity index (χ3v) is 7.40. The minimum Gasteiger partial charge on any atom is -0.550 e. The molecule has 246 valence electrons. The van der Waals surface area contributed by atoms with E-state index in [0.29, 0.717) is 11.6 Å². The fraction of sp³-hybridized carbons (Fsp3) is 0.303. The Bertz CT molecular complexity index is 1810. The van der Waals surface area contributed by atoms with Crippen molar-refractivity contribution >= 4 is 5.97 Å². The summed E-state index contributed by atoms with van der Waals surface area (Å²) in [7, 11) is 1.21. The minimum atomic E-state index is -4.96. The van der Waals surface area contributed by atoms with E-state index in [9.17, 15) is 37.1 Å². The number of carboxylic acids is 1. The van der Waals surface area contributed by atoms with Gasteiger partial charge in [0, 0.05) is 22.8 Å². The normalized spacial score (nSPS) is 11.7. The Balaban J connectivity index is 0.00000384. The van der Waals surface area contributed by atoms with E-state index in [2.05, 4.69) is 5.32 Å². The zero-order valence-corrected chi connectivity index (χ0v) is 27.3. The standard InChI is InChI=1S/C32H30F5N3O5.CH4.Na/c1-19-28(21-11-6-14-26(45-2)29(21)34)30(43)40(18-25(20-9-4-3-5-10-20)38-16-8-15-27(41)42)31(44)39(19)17-22-23(32(35,36)37)12-7-13-24(22)33;;/h3-7,9-14,25,38H,8,15-18H2,1-2H3,(H,41,42);1H4;/q;;+1/p-1/t25-;;/m0../s1. The van der Waals surface area contributed by atoms with Crippen LogP contribution in [0.5, 0.6) is 5.75 Å². The Labute approximate surface area is 290 Å². The molecule has 1 heterocycles. The Morgan fingerprint density at radius 1 is 0.979 bits per heavy atom. The van der Waals surface area contributed by atoms with Crippen molar-refractivity contribution in [2.45, 2.75) is 52.5 Å². The SMILES string of the molecule is C.COc1cccc(-c2c(C)n(Cc3c(F)cccc3C(F)(F)F)c(=O)n(C[C@H](NCCCC(=O)[O-])c3ccccc3)c2=O)c1F.[Na+]. The maximum Gasteiger partial charge on any atom is 1.00 e. The maximum atomic E-state index is 15.6. The number of rotatable bonds is 12.